The van der Waals surface area contributed by atoms with E-state index < -0.39 is 0 Å². The van der Waals surface area contributed by atoms with Crippen LogP contribution in [0.15, 0.2) is 49.1 Å². The molecule has 6 nitrogen and oxygen atoms in total. The van der Waals surface area contributed by atoms with E-state index in [0.29, 0.717) is 25.3 Å². The summed E-state index contributed by atoms with van der Waals surface area (Å²) in [6.45, 7) is 2.02. The molecule has 1 aliphatic heterocycles. The molecule has 1 N–H and O–H groups in total. The summed E-state index contributed by atoms with van der Waals surface area (Å²) in [6.07, 6.45) is 5.24. The fourth-order valence-electron chi connectivity index (χ4n) is 3.66. The standard InChI is InChI=1S/C19H20N4O2/c1-25-11-15-9-23(10-16(15)13-4-6-20-7-5-13)19(24)14-2-3-17-18(8-14)22-12-21-17/h2-8,12,15-16H,9-11H2,1H3,(H,21,22)/t15-,16-/m0/s1. The zero-order valence-electron chi connectivity index (χ0n) is 14.1. The SMILES string of the molecule is COC[C@@H]1CN(C(=O)c2ccc3nc[nH]c3c2)C[C@H]1c1ccncc1. The van der Waals surface area contributed by atoms with Crippen molar-refractivity contribution in [1.82, 2.24) is 19.9 Å². The minimum atomic E-state index is 0.0501. The number of aromatic nitrogens is 3. The number of benzene rings is 1. The molecule has 6 heteroatoms. The Balaban J connectivity index is 1.58. The molecule has 0 spiro atoms. The highest BCUT2D eigenvalue weighted by Crippen LogP contribution is 2.33. The summed E-state index contributed by atoms with van der Waals surface area (Å²) in [5.41, 5.74) is 3.63. The fourth-order valence-corrected chi connectivity index (χ4v) is 3.66. The van der Waals surface area contributed by atoms with E-state index >= 15 is 0 Å². The summed E-state index contributed by atoms with van der Waals surface area (Å²) in [5, 5.41) is 0. The number of rotatable bonds is 4. The number of ether oxygens (including phenoxy) is 1. The third-order valence-electron chi connectivity index (χ3n) is 4.91. The molecule has 1 aromatic carbocycles. The van der Waals surface area contributed by atoms with Gasteiger partial charge in [-0.15, -0.1) is 0 Å². The zero-order valence-corrected chi connectivity index (χ0v) is 14.1. The van der Waals surface area contributed by atoms with Crippen LogP contribution in [0.1, 0.15) is 21.8 Å². The molecule has 0 radical (unpaired) electrons. The molecule has 2 atom stereocenters. The van der Waals surface area contributed by atoms with Crippen LogP contribution in [0.3, 0.4) is 0 Å². The van der Waals surface area contributed by atoms with E-state index in [-0.39, 0.29) is 17.7 Å². The fraction of sp³-hybridized carbons (Fsp3) is 0.316. The molecule has 0 bridgehead atoms. The van der Waals surface area contributed by atoms with Gasteiger partial charge in [-0.25, -0.2) is 4.98 Å². The molecule has 1 amide bonds. The normalized spacial score (nSPS) is 20.3. The highest BCUT2D eigenvalue weighted by Gasteiger charge is 2.36. The lowest BCUT2D eigenvalue weighted by Crippen LogP contribution is -2.29. The Morgan fingerprint density at radius 2 is 2.12 bits per heavy atom. The van der Waals surface area contributed by atoms with Gasteiger partial charge in [0.25, 0.3) is 5.91 Å². The van der Waals surface area contributed by atoms with Gasteiger partial charge >= 0.3 is 0 Å². The second-order valence-electron chi connectivity index (χ2n) is 6.45. The monoisotopic (exact) mass is 336 g/mol. The lowest BCUT2D eigenvalue weighted by atomic mass is 9.90. The second kappa shape index (κ2) is 6.64. The van der Waals surface area contributed by atoms with E-state index in [0.717, 1.165) is 11.0 Å². The van der Waals surface area contributed by atoms with Gasteiger partial charge in [0.05, 0.1) is 24.0 Å². The number of amides is 1. The van der Waals surface area contributed by atoms with Crippen molar-refractivity contribution in [2.75, 3.05) is 26.8 Å². The first kappa shape index (κ1) is 15.8. The zero-order chi connectivity index (χ0) is 17.2. The number of nitrogens with zero attached hydrogens (tertiary/aromatic N) is 3. The van der Waals surface area contributed by atoms with E-state index in [1.165, 1.54) is 5.56 Å². The minimum absolute atomic E-state index is 0.0501. The van der Waals surface area contributed by atoms with Crippen LogP contribution in [-0.2, 0) is 4.74 Å². The van der Waals surface area contributed by atoms with E-state index in [1.54, 1.807) is 25.8 Å². The minimum Gasteiger partial charge on any atom is -0.384 e. The van der Waals surface area contributed by atoms with Crippen LogP contribution in [0.25, 0.3) is 11.0 Å². The Morgan fingerprint density at radius 1 is 1.28 bits per heavy atom. The molecular weight excluding hydrogens is 316 g/mol. The van der Waals surface area contributed by atoms with Crippen LogP contribution in [0.2, 0.25) is 0 Å². The lowest BCUT2D eigenvalue weighted by Gasteiger charge is -2.17. The number of fused-ring (bicyclic) bond motifs is 1. The number of aromatic amines is 1. The van der Waals surface area contributed by atoms with Gasteiger partial charge in [-0.1, -0.05) is 0 Å². The molecule has 128 valence electrons. The number of likely N-dealkylation sites (tertiary alicyclic amines) is 1. The van der Waals surface area contributed by atoms with Crippen LogP contribution >= 0.6 is 0 Å². The number of pyridine rings is 1. The Labute approximate surface area is 145 Å². The van der Waals surface area contributed by atoms with Gasteiger partial charge in [-0.2, -0.15) is 0 Å². The summed E-state index contributed by atoms with van der Waals surface area (Å²) in [5.74, 6) is 0.601. The number of hydrogen-bond donors (Lipinski definition) is 1. The first-order valence-electron chi connectivity index (χ1n) is 8.37. The van der Waals surface area contributed by atoms with Gasteiger partial charge in [0.15, 0.2) is 0 Å². The van der Waals surface area contributed by atoms with Crippen molar-refractivity contribution in [3.63, 3.8) is 0 Å². The number of hydrogen-bond acceptors (Lipinski definition) is 4. The van der Waals surface area contributed by atoms with Crippen molar-refractivity contribution in [2.45, 2.75) is 5.92 Å². The van der Waals surface area contributed by atoms with Gasteiger partial charge in [0, 0.05) is 50.0 Å². The van der Waals surface area contributed by atoms with Crippen molar-refractivity contribution < 1.29 is 9.53 Å². The van der Waals surface area contributed by atoms with Crippen molar-refractivity contribution >= 4 is 16.9 Å². The lowest BCUT2D eigenvalue weighted by molar-refractivity contribution is 0.0775. The maximum absolute atomic E-state index is 13.0. The van der Waals surface area contributed by atoms with Crippen LogP contribution in [0.4, 0.5) is 0 Å². The average Bonchev–Trinajstić information content (AvgIpc) is 3.28. The summed E-state index contributed by atoms with van der Waals surface area (Å²) >= 11 is 0. The van der Waals surface area contributed by atoms with Crippen molar-refractivity contribution in [1.29, 1.82) is 0 Å². The first-order chi connectivity index (χ1) is 12.3. The second-order valence-corrected chi connectivity index (χ2v) is 6.45. The van der Waals surface area contributed by atoms with E-state index in [2.05, 4.69) is 15.0 Å². The van der Waals surface area contributed by atoms with E-state index in [9.17, 15) is 4.79 Å². The van der Waals surface area contributed by atoms with E-state index in [4.69, 9.17) is 4.74 Å². The van der Waals surface area contributed by atoms with Crippen molar-refractivity contribution in [2.24, 2.45) is 5.92 Å². The van der Waals surface area contributed by atoms with Gasteiger partial charge in [0.2, 0.25) is 0 Å². The van der Waals surface area contributed by atoms with Crippen LogP contribution in [-0.4, -0.2) is 52.6 Å². The number of carbonyl (C=O) groups is 1. The number of carbonyl (C=O) groups excluding carboxylic acids is 1. The predicted octanol–water partition coefficient (Wildman–Crippen LogP) is 2.46. The maximum atomic E-state index is 13.0. The van der Waals surface area contributed by atoms with Crippen molar-refractivity contribution in [3.8, 4) is 0 Å². The van der Waals surface area contributed by atoms with Crippen LogP contribution in [0.5, 0.6) is 0 Å². The summed E-state index contributed by atoms with van der Waals surface area (Å²) in [4.78, 5) is 26.3. The quantitative estimate of drug-likeness (QED) is 0.794. The number of nitrogens with one attached hydrogen (secondary N) is 1. The molecule has 2 aromatic heterocycles. The third-order valence-corrected chi connectivity index (χ3v) is 4.91. The Kier molecular flexibility index (Phi) is 4.19. The number of H-pyrrole nitrogens is 1. The van der Waals surface area contributed by atoms with Crippen LogP contribution < -0.4 is 0 Å². The Morgan fingerprint density at radius 3 is 2.92 bits per heavy atom. The topological polar surface area (TPSA) is 71.1 Å². The molecule has 1 saturated heterocycles. The average molecular weight is 336 g/mol. The van der Waals surface area contributed by atoms with Crippen molar-refractivity contribution in [3.05, 3.63) is 60.2 Å². The van der Waals surface area contributed by atoms with Gasteiger partial charge in [-0.3, -0.25) is 9.78 Å². The highest BCUT2D eigenvalue weighted by atomic mass is 16.5. The van der Waals surface area contributed by atoms with Gasteiger partial charge in [0.1, 0.15) is 0 Å². The molecule has 0 saturated carbocycles. The molecule has 0 aliphatic carbocycles. The van der Waals surface area contributed by atoms with E-state index in [1.807, 2.05) is 35.2 Å². The Bertz CT molecular complexity index is 877. The molecule has 1 aliphatic rings. The molecule has 3 heterocycles. The highest BCUT2D eigenvalue weighted by molar-refractivity contribution is 5.97. The maximum Gasteiger partial charge on any atom is 0.253 e. The van der Waals surface area contributed by atoms with Gasteiger partial charge in [-0.05, 0) is 35.9 Å². The third kappa shape index (κ3) is 3.00. The molecule has 4 rings (SSSR count). The van der Waals surface area contributed by atoms with Crippen LogP contribution in [0, 0.1) is 5.92 Å². The number of imidazole rings is 1. The predicted molar refractivity (Wildman–Crippen MR) is 94.3 cm³/mol. The summed E-state index contributed by atoms with van der Waals surface area (Å²) in [7, 11) is 1.71. The molecule has 3 aromatic rings. The molecular formula is C19H20N4O2. The smallest absolute Gasteiger partial charge is 0.253 e. The first-order valence-corrected chi connectivity index (χ1v) is 8.37. The molecule has 1 fully saturated rings. The summed E-state index contributed by atoms with van der Waals surface area (Å²) < 4.78 is 5.39. The summed E-state index contributed by atoms with van der Waals surface area (Å²) in [6, 6.07) is 9.64. The van der Waals surface area contributed by atoms with Gasteiger partial charge < -0.3 is 14.6 Å². The molecule has 0 unspecified atom stereocenters. The Hall–Kier alpha value is -2.73. The number of methoxy groups -OCH3 is 1. The largest absolute Gasteiger partial charge is 0.384 e. The molecule has 25 heavy (non-hydrogen) atoms.